The molecule has 2 saturated heterocycles. The summed E-state index contributed by atoms with van der Waals surface area (Å²) >= 11 is 13.9. The smallest absolute Gasteiger partial charge is 0.233 e. The SMILES string of the molecule is O=C(CSc1nc(Cl)cc(N2CCN(c3ccccc3Cl)CC2)n1)N1CCCC1. The van der Waals surface area contributed by atoms with Crippen molar-refractivity contribution in [2.75, 3.05) is 54.8 Å². The van der Waals surface area contributed by atoms with Crippen molar-refractivity contribution >= 4 is 52.4 Å². The average Bonchev–Trinajstić information content (AvgIpc) is 3.27. The van der Waals surface area contributed by atoms with Crippen LogP contribution in [0, 0.1) is 0 Å². The van der Waals surface area contributed by atoms with E-state index in [9.17, 15) is 4.79 Å². The molecule has 1 aromatic heterocycles. The summed E-state index contributed by atoms with van der Waals surface area (Å²) in [6.07, 6.45) is 2.18. The lowest BCUT2D eigenvalue weighted by Crippen LogP contribution is -2.47. The number of thioether (sulfide) groups is 1. The van der Waals surface area contributed by atoms with Crippen LogP contribution in [-0.2, 0) is 4.79 Å². The average molecular weight is 452 g/mol. The van der Waals surface area contributed by atoms with Crippen molar-refractivity contribution in [2.45, 2.75) is 18.0 Å². The van der Waals surface area contributed by atoms with Crippen LogP contribution in [0.4, 0.5) is 11.5 Å². The Morgan fingerprint density at radius 3 is 2.38 bits per heavy atom. The van der Waals surface area contributed by atoms with Crippen molar-refractivity contribution in [3.63, 3.8) is 0 Å². The molecule has 0 N–H and O–H groups in total. The molecule has 2 aliphatic rings. The van der Waals surface area contributed by atoms with E-state index in [-0.39, 0.29) is 5.91 Å². The molecule has 6 nitrogen and oxygen atoms in total. The standard InChI is InChI=1S/C20H23Cl2N5OS/c21-15-5-1-2-6-16(15)25-9-11-26(12-10-25)18-13-17(22)23-20(24-18)29-14-19(28)27-7-3-4-8-27/h1-2,5-6,13H,3-4,7-12,14H2. The molecule has 1 aromatic carbocycles. The second-order valence-corrected chi connectivity index (χ2v) is 8.87. The van der Waals surface area contributed by atoms with E-state index >= 15 is 0 Å². The Hall–Kier alpha value is -1.70. The third-order valence-electron chi connectivity index (χ3n) is 5.24. The molecule has 29 heavy (non-hydrogen) atoms. The highest BCUT2D eigenvalue weighted by atomic mass is 35.5. The molecule has 0 unspecified atom stereocenters. The highest BCUT2D eigenvalue weighted by Gasteiger charge is 2.22. The molecule has 0 saturated carbocycles. The van der Waals surface area contributed by atoms with Crippen molar-refractivity contribution in [3.8, 4) is 0 Å². The molecule has 2 fully saturated rings. The molecular formula is C20H23Cl2N5OS. The van der Waals surface area contributed by atoms with E-state index in [4.69, 9.17) is 23.2 Å². The molecule has 0 spiro atoms. The zero-order chi connectivity index (χ0) is 20.2. The summed E-state index contributed by atoms with van der Waals surface area (Å²) in [7, 11) is 0. The maximum Gasteiger partial charge on any atom is 0.233 e. The number of carbonyl (C=O) groups excluding carboxylic acids is 1. The van der Waals surface area contributed by atoms with Crippen molar-refractivity contribution in [2.24, 2.45) is 0 Å². The maximum atomic E-state index is 12.3. The monoisotopic (exact) mass is 451 g/mol. The summed E-state index contributed by atoms with van der Waals surface area (Å²) in [4.78, 5) is 27.6. The normalized spacial score (nSPS) is 17.1. The number of benzene rings is 1. The molecule has 0 aliphatic carbocycles. The van der Waals surface area contributed by atoms with Gasteiger partial charge in [0, 0.05) is 45.3 Å². The van der Waals surface area contributed by atoms with E-state index < -0.39 is 0 Å². The van der Waals surface area contributed by atoms with E-state index in [2.05, 4.69) is 19.8 Å². The van der Waals surface area contributed by atoms with Gasteiger partial charge in [-0.3, -0.25) is 4.79 Å². The van der Waals surface area contributed by atoms with Gasteiger partial charge in [0.05, 0.1) is 16.5 Å². The Balaban J connectivity index is 1.38. The number of hydrogen-bond donors (Lipinski definition) is 0. The van der Waals surface area contributed by atoms with Gasteiger partial charge in [0.15, 0.2) is 5.16 Å². The molecule has 2 aliphatic heterocycles. The maximum absolute atomic E-state index is 12.3. The molecule has 4 rings (SSSR count). The van der Waals surface area contributed by atoms with E-state index in [1.807, 2.05) is 29.2 Å². The van der Waals surface area contributed by atoms with Gasteiger partial charge in [-0.1, -0.05) is 47.1 Å². The molecule has 154 valence electrons. The summed E-state index contributed by atoms with van der Waals surface area (Å²) in [6, 6.07) is 9.70. The number of rotatable bonds is 5. The first-order chi connectivity index (χ1) is 14.1. The van der Waals surface area contributed by atoms with Gasteiger partial charge in [-0.25, -0.2) is 9.97 Å². The van der Waals surface area contributed by atoms with Gasteiger partial charge in [0.25, 0.3) is 0 Å². The number of halogens is 2. The number of piperazine rings is 1. The molecule has 0 bridgehead atoms. The van der Waals surface area contributed by atoms with Gasteiger partial charge < -0.3 is 14.7 Å². The predicted octanol–water partition coefficient (Wildman–Crippen LogP) is 3.82. The van der Waals surface area contributed by atoms with Gasteiger partial charge >= 0.3 is 0 Å². The lowest BCUT2D eigenvalue weighted by Gasteiger charge is -2.37. The van der Waals surface area contributed by atoms with Crippen LogP contribution in [0.3, 0.4) is 0 Å². The van der Waals surface area contributed by atoms with Crippen LogP contribution in [0.2, 0.25) is 10.2 Å². The number of amides is 1. The topological polar surface area (TPSA) is 52.6 Å². The highest BCUT2D eigenvalue weighted by Crippen LogP contribution is 2.28. The summed E-state index contributed by atoms with van der Waals surface area (Å²) in [5.41, 5.74) is 1.06. The van der Waals surface area contributed by atoms with Gasteiger partial charge in [0.2, 0.25) is 5.91 Å². The third-order valence-corrected chi connectivity index (χ3v) is 6.59. The van der Waals surface area contributed by atoms with E-state index in [0.29, 0.717) is 16.1 Å². The zero-order valence-corrected chi connectivity index (χ0v) is 18.4. The minimum Gasteiger partial charge on any atom is -0.367 e. The van der Waals surface area contributed by atoms with E-state index in [1.54, 1.807) is 6.07 Å². The van der Waals surface area contributed by atoms with Crippen molar-refractivity contribution in [1.82, 2.24) is 14.9 Å². The minimum absolute atomic E-state index is 0.144. The van der Waals surface area contributed by atoms with Crippen molar-refractivity contribution in [1.29, 1.82) is 0 Å². The van der Waals surface area contributed by atoms with Crippen LogP contribution in [0.1, 0.15) is 12.8 Å². The molecule has 2 aromatic rings. The summed E-state index contributed by atoms with van der Waals surface area (Å²) < 4.78 is 0. The minimum atomic E-state index is 0.144. The second-order valence-electron chi connectivity index (χ2n) is 7.13. The quantitative estimate of drug-likeness (QED) is 0.391. The Labute approximate surface area is 185 Å². The lowest BCUT2D eigenvalue weighted by molar-refractivity contribution is -0.127. The van der Waals surface area contributed by atoms with E-state index in [1.165, 1.54) is 11.8 Å². The molecule has 0 atom stereocenters. The Morgan fingerprint density at radius 2 is 1.66 bits per heavy atom. The van der Waals surface area contributed by atoms with Crippen LogP contribution >= 0.6 is 35.0 Å². The Morgan fingerprint density at radius 1 is 0.966 bits per heavy atom. The first-order valence-electron chi connectivity index (χ1n) is 9.80. The number of carbonyl (C=O) groups is 1. The fraction of sp³-hybridized carbons (Fsp3) is 0.450. The van der Waals surface area contributed by atoms with Gasteiger partial charge in [0.1, 0.15) is 11.0 Å². The number of likely N-dealkylation sites (tertiary alicyclic amines) is 1. The van der Waals surface area contributed by atoms with Crippen molar-refractivity contribution in [3.05, 3.63) is 40.5 Å². The molecule has 3 heterocycles. The van der Waals surface area contributed by atoms with Gasteiger partial charge in [-0.2, -0.15) is 0 Å². The van der Waals surface area contributed by atoms with Crippen LogP contribution < -0.4 is 9.80 Å². The lowest BCUT2D eigenvalue weighted by atomic mass is 10.2. The number of para-hydroxylation sites is 1. The second kappa shape index (κ2) is 9.41. The number of anilines is 2. The predicted molar refractivity (Wildman–Crippen MR) is 119 cm³/mol. The van der Waals surface area contributed by atoms with Crippen LogP contribution in [-0.4, -0.2) is 65.8 Å². The fourth-order valence-corrected chi connectivity index (χ4v) is 4.92. The molecule has 0 radical (unpaired) electrons. The summed E-state index contributed by atoms with van der Waals surface area (Å²) in [5.74, 6) is 1.30. The van der Waals surface area contributed by atoms with Crippen LogP contribution in [0.5, 0.6) is 0 Å². The first-order valence-corrected chi connectivity index (χ1v) is 11.5. The number of hydrogen-bond acceptors (Lipinski definition) is 6. The van der Waals surface area contributed by atoms with Crippen LogP contribution in [0.25, 0.3) is 0 Å². The van der Waals surface area contributed by atoms with E-state index in [0.717, 1.165) is 68.6 Å². The van der Waals surface area contributed by atoms with Gasteiger partial charge in [-0.05, 0) is 25.0 Å². The number of aromatic nitrogens is 2. The third kappa shape index (κ3) is 5.08. The first kappa shape index (κ1) is 20.6. The van der Waals surface area contributed by atoms with Gasteiger partial charge in [-0.15, -0.1) is 0 Å². The molecule has 9 heteroatoms. The Bertz CT molecular complexity index is 870. The number of nitrogens with zero attached hydrogens (tertiary/aromatic N) is 5. The van der Waals surface area contributed by atoms with Crippen molar-refractivity contribution < 1.29 is 4.79 Å². The largest absolute Gasteiger partial charge is 0.367 e. The summed E-state index contributed by atoms with van der Waals surface area (Å²) in [6.45, 7) is 5.04. The highest BCUT2D eigenvalue weighted by molar-refractivity contribution is 7.99. The fourth-order valence-electron chi connectivity index (χ4n) is 3.68. The summed E-state index contributed by atoms with van der Waals surface area (Å²) in [5, 5.41) is 1.72. The van der Waals surface area contributed by atoms with Crippen LogP contribution in [0.15, 0.2) is 35.5 Å². The molecule has 1 amide bonds. The Kier molecular flexibility index (Phi) is 6.67. The molecular weight excluding hydrogens is 429 g/mol. The zero-order valence-electron chi connectivity index (χ0n) is 16.1.